The second-order valence-electron chi connectivity index (χ2n) is 4.56. The Bertz CT molecular complexity index is 775. The maximum Gasteiger partial charge on any atom is 0.291 e. The molecule has 1 amide bonds. The number of hydrogen-bond acceptors (Lipinski definition) is 2. The Balaban J connectivity index is 1.89. The quantitative estimate of drug-likeness (QED) is 0.664. The van der Waals surface area contributed by atoms with E-state index >= 15 is 0 Å². The third-order valence-corrected chi connectivity index (χ3v) is 3.79. The van der Waals surface area contributed by atoms with Crippen LogP contribution < -0.4 is 5.32 Å². The second kappa shape index (κ2) is 5.28. The van der Waals surface area contributed by atoms with Crippen molar-refractivity contribution in [1.29, 1.82) is 0 Å². The van der Waals surface area contributed by atoms with Crippen LogP contribution in [0.1, 0.15) is 16.1 Å². The molecular weight excluding hydrogens is 365 g/mol. The van der Waals surface area contributed by atoms with Crippen LogP contribution in [-0.2, 0) is 0 Å². The average Bonchev–Trinajstić information content (AvgIpc) is 2.87. The lowest BCUT2D eigenvalue weighted by atomic mass is 10.2. The summed E-state index contributed by atoms with van der Waals surface area (Å²) in [5.74, 6) is 0.0923. The predicted octanol–water partition coefficient (Wildman–Crippen LogP) is 4.60. The zero-order valence-corrected chi connectivity index (χ0v) is 13.0. The number of fused-ring (bicyclic) bond motifs is 1. The molecule has 1 heterocycles. The molecule has 4 heteroatoms. The van der Waals surface area contributed by atoms with Gasteiger partial charge in [0.25, 0.3) is 5.91 Å². The number of carbonyl (C=O) groups is 1. The van der Waals surface area contributed by atoms with E-state index < -0.39 is 0 Å². The minimum atomic E-state index is -0.234. The van der Waals surface area contributed by atoms with Gasteiger partial charge in [-0.1, -0.05) is 18.2 Å². The van der Waals surface area contributed by atoms with E-state index in [9.17, 15) is 4.79 Å². The molecule has 3 aromatic rings. The van der Waals surface area contributed by atoms with Gasteiger partial charge in [0, 0.05) is 14.6 Å². The van der Waals surface area contributed by atoms with Crippen molar-refractivity contribution in [3.63, 3.8) is 0 Å². The molecule has 0 aliphatic carbocycles. The zero-order valence-electron chi connectivity index (χ0n) is 10.8. The number of nitrogens with one attached hydrogen (secondary N) is 1. The lowest BCUT2D eigenvalue weighted by molar-refractivity contribution is 0.0998. The van der Waals surface area contributed by atoms with Crippen LogP contribution in [0.25, 0.3) is 11.0 Å². The Labute approximate surface area is 130 Å². The Kier molecular flexibility index (Phi) is 3.48. The monoisotopic (exact) mass is 377 g/mol. The molecule has 2 aromatic carbocycles. The number of aryl methyl sites for hydroxylation is 1. The third kappa shape index (κ3) is 2.56. The standard InChI is InChI=1S/C16H12INO2/c1-10-3-2-4-11-9-14(20-15(10)11)16(19)18-13-7-5-12(17)6-8-13/h2-9H,1H3,(H,18,19). The molecule has 100 valence electrons. The van der Waals surface area contributed by atoms with Crippen molar-refractivity contribution in [2.75, 3.05) is 5.32 Å². The van der Waals surface area contributed by atoms with Crippen molar-refractivity contribution >= 4 is 45.2 Å². The first kappa shape index (κ1) is 13.2. The second-order valence-corrected chi connectivity index (χ2v) is 5.81. The fraction of sp³-hybridized carbons (Fsp3) is 0.0625. The fourth-order valence-electron chi connectivity index (χ4n) is 2.05. The van der Waals surface area contributed by atoms with Gasteiger partial charge in [0.2, 0.25) is 0 Å². The van der Waals surface area contributed by atoms with E-state index in [0.717, 1.165) is 25.8 Å². The van der Waals surface area contributed by atoms with Crippen molar-refractivity contribution < 1.29 is 9.21 Å². The molecule has 0 saturated heterocycles. The number of carbonyl (C=O) groups excluding carboxylic acids is 1. The lowest BCUT2D eigenvalue weighted by Gasteiger charge is -2.02. The topological polar surface area (TPSA) is 42.2 Å². The summed E-state index contributed by atoms with van der Waals surface area (Å²) in [6, 6.07) is 15.2. The normalized spacial score (nSPS) is 10.7. The highest BCUT2D eigenvalue weighted by Gasteiger charge is 2.13. The van der Waals surface area contributed by atoms with Crippen LogP contribution in [0, 0.1) is 10.5 Å². The van der Waals surface area contributed by atoms with Gasteiger partial charge in [-0.15, -0.1) is 0 Å². The van der Waals surface area contributed by atoms with E-state index in [-0.39, 0.29) is 5.91 Å². The molecular formula is C16H12INO2. The molecule has 0 radical (unpaired) electrons. The number of para-hydroxylation sites is 1. The number of furan rings is 1. The average molecular weight is 377 g/mol. The van der Waals surface area contributed by atoms with Crippen molar-refractivity contribution in [1.82, 2.24) is 0 Å². The van der Waals surface area contributed by atoms with Crippen molar-refractivity contribution in [3.8, 4) is 0 Å². The molecule has 0 fully saturated rings. The number of halogens is 1. The minimum Gasteiger partial charge on any atom is -0.451 e. The molecule has 3 rings (SSSR count). The number of benzene rings is 2. The molecule has 3 nitrogen and oxygen atoms in total. The van der Waals surface area contributed by atoms with Gasteiger partial charge in [-0.2, -0.15) is 0 Å². The van der Waals surface area contributed by atoms with Gasteiger partial charge < -0.3 is 9.73 Å². The maximum absolute atomic E-state index is 12.2. The van der Waals surface area contributed by atoms with Crippen molar-refractivity contribution in [3.05, 3.63) is 63.4 Å². The summed E-state index contributed by atoms with van der Waals surface area (Å²) in [4.78, 5) is 12.2. The van der Waals surface area contributed by atoms with Crippen LogP contribution in [0.3, 0.4) is 0 Å². The molecule has 0 unspecified atom stereocenters. The summed E-state index contributed by atoms with van der Waals surface area (Å²) >= 11 is 2.22. The molecule has 1 N–H and O–H groups in total. The van der Waals surface area contributed by atoms with Crippen LogP contribution in [0.4, 0.5) is 5.69 Å². The van der Waals surface area contributed by atoms with E-state index in [1.165, 1.54) is 0 Å². The van der Waals surface area contributed by atoms with Crippen LogP contribution >= 0.6 is 22.6 Å². The molecule has 0 bridgehead atoms. The third-order valence-electron chi connectivity index (χ3n) is 3.07. The smallest absolute Gasteiger partial charge is 0.291 e. The van der Waals surface area contributed by atoms with Gasteiger partial charge in [0.05, 0.1) is 0 Å². The Morgan fingerprint density at radius 3 is 2.60 bits per heavy atom. The van der Waals surface area contributed by atoms with Gasteiger partial charge in [0.1, 0.15) is 5.58 Å². The first-order valence-corrected chi connectivity index (χ1v) is 7.27. The number of hydrogen-bond donors (Lipinski definition) is 1. The van der Waals surface area contributed by atoms with Crippen LogP contribution in [0.5, 0.6) is 0 Å². The molecule has 20 heavy (non-hydrogen) atoms. The summed E-state index contributed by atoms with van der Waals surface area (Å²) < 4.78 is 6.77. The highest BCUT2D eigenvalue weighted by Crippen LogP contribution is 2.23. The molecule has 0 aliphatic rings. The maximum atomic E-state index is 12.2. The Morgan fingerprint density at radius 2 is 1.90 bits per heavy atom. The van der Waals surface area contributed by atoms with E-state index in [4.69, 9.17) is 4.42 Å². The highest BCUT2D eigenvalue weighted by molar-refractivity contribution is 14.1. The summed E-state index contributed by atoms with van der Waals surface area (Å²) in [6.07, 6.45) is 0. The van der Waals surface area contributed by atoms with Crippen LogP contribution in [-0.4, -0.2) is 5.91 Å². The van der Waals surface area contributed by atoms with E-state index in [0.29, 0.717) is 5.76 Å². The van der Waals surface area contributed by atoms with E-state index in [1.54, 1.807) is 6.07 Å². The molecule has 0 aliphatic heterocycles. The van der Waals surface area contributed by atoms with Crippen LogP contribution in [0.15, 0.2) is 52.9 Å². The highest BCUT2D eigenvalue weighted by atomic mass is 127. The molecule has 0 atom stereocenters. The van der Waals surface area contributed by atoms with Crippen LogP contribution in [0.2, 0.25) is 0 Å². The summed E-state index contributed by atoms with van der Waals surface area (Å²) in [7, 11) is 0. The van der Waals surface area contributed by atoms with Gasteiger partial charge >= 0.3 is 0 Å². The fourth-order valence-corrected chi connectivity index (χ4v) is 2.41. The molecule has 1 aromatic heterocycles. The number of rotatable bonds is 2. The van der Waals surface area contributed by atoms with E-state index in [2.05, 4.69) is 27.9 Å². The SMILES string of the molecule is Cc1cccc2cc(C(=O)Nc3ccc(I)cc3)oc12. The summed E-state index contributed by atoms with van der Waals surface area (Å²) in [5, 5.41) is 3.77. The van der Waals surface area contributed by atoms with Crippen molar-refractivity contribution in [2.45, 2.75) is 6.92 Å². The number of amides is 1. The summed E-state index contributed by atoms with van der Waals surface area (Å²) in [5.41, 5.74) is 2.55. The molecule has 0 spiro atoms. The molecule has 0 saturated carbocycles. The Hall–Kier alpha value is -1.82. The van der Waals surface area contributed by atoms with Gasteiger partial charge in [-0.3, -0.25) is 4.79 Å². The first-order valence-electron chi connectivity index (χ1n) is 6.19. The summed E-state index contributed by atoms with van der Waals surface area (Å²) in [6.45, 7) is 1.96. The van der Waals surface area contributed by atoms with E-state index in [1.807, 2.05) is 49.4 Å². The number of anilines is 1. The van der Waals surface area contributed by atoms with Gasteiger partial charge in [-0.25, -0.2) is 0 Å². The first-order chi connectivity index (χ1) is 9.63. The van der Waals surface area contributed by atoms with Gasteiger partial charge in [0.15, 0.2) is 5.76 Å². The van der Waals surface area contributed by atoms with Crippen molar-refractivity contribution in [2.24, 2.45) is 0 Å². The minimum absolute atomic E-state index is 0.234. The lowest BCUT2D eigenvalue weighted by Crippen LogP contribution is -2.10. The Morgan fingerprint density at radius 1 is 1.15 bits per heavy atom. The predicted molar refractivity (Wildman–Crippen MR) is 88.1 cm³/mol. The van der Waals surface area contributed by atoms with Gasteiger partial charge in [-0.05, 0) is 65.4 Å². The largest absolute Gasteiger partial charge is 0.451 e. The zero-order chi connectivity index (χ0) is 14.1.